The predicted octanol–water partition coefficient (Wildman–Crippen LogP) is 2.68. The number of hydrogen-bond acceptors (Lipinski definition) is 5. The van der Waals surface area contributed by atoms with Crippen molar-refractivity contribution in [3.05, 3.63) is 28.8 Å². The Morgan fingerprint density at radius 1 is 1.28 bits per heavy atom. The number of aliphatic imine (C=N–C) groups is 1. The van der Waals surface area contributed by atoms with E-state index >= 15 is 0 Å². The molecule has 5 nitrogen and oxygen atoms in total. The van der Waals surface area contributed by atoms with Gasteiger partial charge in [-0.15, -0.1) is 0 Å². The molecule has 2 aliphatic heterocycles. The number of carbonyl (C=O) groups is 2. The van der Waals surface area contributed by atoms with Gasteiger partial charge in [0.25, 0.3) is 0 Å². The molecule has 1 aromatic rings. The van der Waals surface area contributed by atoms with Crippen LogP contribution >= 0.6 is 0 Å². The minimum atomic E-state index is -3.33. The van der Waals surface area contributed by atoms with Crippen LogP contribution in [0.15, 0.2) is 22.0 Å². The van der Waals surface area contributed by atoms with Gasteiger partial charge in [0, 0.05) is 29.7 Å². The first-order chi connectivity index (χ1) is 11.5. The van der Waals surface area contributed by atoms with E-state index in [2.05, 4.69) is 4.99 Å². The number of hydrogen-bond donors (Lipinski definition) is 0. The number of ketones is 2. The fourth-order valence-corrected chi connectivity index (χ4v) is 6.22. The van der Waals surface area contributed by atoms with Crippen LogP contribution in [-0.4, -0.2) is 38.0 Å². The van der Waals surface area contributed by atoms with Gasteiger partial charge >= 0.3 is 0 Å². The van der Waals surface area contributed by atoms with E-state index in [4.69, 9.17) is 0 Å². The van der Waals surface area contributed by atoms with E-state index in [1.807, 2.05) is 20.8 Å². The van der Waals surface area contributed by atoms with Crippen LogP contribution in [0.5, 0.6) is 0 Å². The molecule has 25 heavy (non-hydrogen) atoms. The van der Waals surface area contributed by atoms with Crippen molar-refractivity contribution >= 4 is 27.6 Å². The van der Waals surface area contributed by atoms with Gasteiger partial charge in [0.05, 0.1) is 10.6 Å². The van der Waals surface area contributed by atoms with Crippen molar-refractivity contribution in [3.8, 4) is 0 Å². The summed E-state index contributed by atoms with van der Waals surface area (Å²) < 4.78 is 24.8. The highest BCUT2D eigenvalue weighted by molar-refractivity contribution is 7.91. The topological polar surface area (TPSA) is 80.6 Å². The largest absolute Gasteiger partial charge is 0.298 e. The van der Waals surface area contributed by atoms with Crippen LogP contribution in [0.4, 0.5) is 0 Å². The summed E-state index contributed by atoms with van der Waals surface area (Å²) in [5, 5.41) is 0. The van der Waals surface area contributed by atoms with Crippen LogP contribution in [-0.2, 0) is 20.0 Å². The van der Waals surface area contributed by atoms with Gasteiger partial charge in [-0.1, -0.05) is 13.8 Å². The molecule has 0 aromatic heterocycles. The van der Waals surface area contributed by atoms with Crippen LogP contribution in [0.1, 0.15) is 55.1 Å². The molecule has 0 aliphatic carbocycles. The van der Waals surface area contributed by atoms with Crippen molar-refractivity contribution in [2.75, 3.05) is 5.75 Å². The molecule has 0 N–H and O–H groups in total. The summed E-state index contributed by atoms with van der Waals surface area (Å²) in [6, 6.07) is 3.10. The van der Waals surface area contributed by atoms with Crippen molar-refractivity contribution in [2.45, 2.75) is 56.9 Å². The summed E-state index contributed by atoms with van der Waals surface area (Å²) in [4.78, 5) is 29.9. The Kier molecular flexibility index (Phi) is 4.22. The van der Waals surface area contributed by atoms with Crippen LogP contribution in [0.2, 0.25) is 0 Å². The second-order valence-electron chi connectivity index (χ2n) is 7.75. The lowest BCUT2D eigenvalue weighted by Crippen LogP contribution is -2.26. The van der Waals surface area contributed by atoms with E-state index in [1.165, 1.54) is 12.3 Å². The summed E-state index contributed by atoms with van der Waals surface area (Å²) in [5.41, 5.74) is 1.23. The number of fused-ring (bicyclic) bond motifs is 1. The van der Waals surface area contributed by atoms with Gasteiger partial charge in [0.15, 0.2) is 15.6 Å². The number of Topliss-reactive ketones (excluding diaryl/α,β-unsaturated/α-hetero) is 2. The molecule has 0 radical (unpaired) electrons. The zero-order valence-electron chi connectivity index (χ0n) is 15.0. The van der Waals surface area contributed by atoms with Crippen molar-refractivity contribution in [2.24, 2.45) is 10.9 Å². The maximum absolute atomic E-state index is 13.0. The number of sulfone groups is 1. The molecule has 0 fully saturated rings. The molecule has 2 unspecified atom stereocenters. The molecule has 134 valence electrons. The number of benzene rings is 1. The number of rotatable bonds is 2. The summed E-state index contributed by atoms with van der Waals surface area (Å²) in [6.07, 6.45) is 2.45. The third-order valence-electron chi connectivity index (χ3n) is 5.18. The normalized spacial score (nSPS) is 27.0. The highest BCUT2D eigenvalue weighted by Gasteiger charge is 2.43. The predicted molar refractivity (Wildman–Crippen MR) is 96.3 cm³/mol. The third kappa shape index (κ3) is 2.97. The molecule has 0 saturated carbocycles. The molecule has 1 aromatic carbocycles. The molecule has 6 heteroatoms. The second-order valence-corrected chi connectivity index (χ2v) is 9.71. The Balaban J connectivity index is 2.10. The van der Waals surface area contributed by atoms with Crippen molar-refractivity contribution < 1.29 is 18.0 Å². The molecule has 0 spiro atoms. The zero-order valence-corrected chi connectivity index (χ0v) is 15.8. The molecule has 0 amide bonds. The van der Waals surface area contributed by atoms with E-state index in [9.17, 15) is 18.0 Å². The Hall–Kier alpha value is -1.82. The molecule has 0 saturated heterocycles. The Labute approximate surface area is 148 Å². The SMILES string of the molecule is Cc1c(C(=O)C2C=NC(C)CCC2=O)ccc2c1C(C)(C)CS2(=O)=O. The van der Waals surface area contributed by atoms with Gasteiger partial charge < -0.3 is 0 Å². The van der Waals surface area contributed by atoms with Crippen molar-refractivity contribution in [1.29, 1.82) is 0 Å². The van der Waals surface area contributed by atoms with Crippen LogP contribution in [0.3, 0.4) is 0 Å². The highest BCUT2D eigenvalue weighted by Crippen LogP contribution is 2.42. The fourth-order valence-electron chi connectivity index (χ4n) is 3.96. The van der Waals surface area contributed by atoms with Gasteiger partial charge in [0.1, 0.15) is 11.7 Å². The van der Waals surface area contributed by atoms with Gasteiger partial charge in [-0.2, -0.15) is 0 Å². The molecule has 2 atom stereocenters. The smallest absolute Gasteiger partial charge is 0.179 e. The van der Waals surface area contributed by atoms with Gasteiger partial charge in [-0.25, -0.2) is 8.42 Å². The molecular weight excluding hydrogens is 338 g/mol. The quantitative estimate of drug-likeness (QED) is 0.599. The average molecular weight is 361 g/mol. The molecular formula is C19H23NO4S. The fraction of sp³-hybridized carbons (Fsp3) is 0.526. The van der Waals surface area contributed by atoms with Crippen LogP contribution in [0.25, 0.3) is 0 Å². The van der Waals surface area contributed by atoms with Gasteiger partial charge in [-0.3, -0.25) is 14.6 Å². The minimum Gasteiger partial charge on any atom is -0.298 e. The monoisotopic (exact) mass is 361 g/mol. The molecule has 0 bridgehead atoms. The second kappa shape index (κ2) is 5.87. The third-order valence-corrected chi connectivity index (χ3v) is 7.29. The Morgan fingerprint density at radius 3 is 2.64 bits per heavy atom. The molecule has 3 rings (SSSR count). The maximum Gasteiger partial charge on any atom is 0.179 e. The van der Waals surface area contributed by atoms with Crippen LogP contribution in [0, 0.1) is 12.8 Å². The van der Waals surface area contributed by atoms with E-state index in [-0.39, 0.29) is 23.4 Å². The average Bonchev–Trinajstić information content (AvgIpc) is 2.60. The summed E-state index contributed by atoms with van der Waals surface area (Å²) in [7, 11) is -3.33. The Bertz CT molecular complexity index is 896. The number of carbonyl (C=O) groups excluding carboxylic acids is 2. The van der Waals surface area contributed by atoms with Crippen molar-refractivity contribution in [1.82, 2.24) is 0 Å². The lowest BCUT2D eigenvalue weighted by molar-refractivity contribution is -0.119. The first-order valence-corrected chi connectivity index (χ1v) is 10.2. The summed E-state index contributed by atoms with van der Waals surface area (Å²) in [6.45, 7) is 7.44. The van der Waals surface area contributed by atoms with E-state index in [0.717, 1.165) is 0 Å². The van der Waals surface area contributed by atoms with E-state index in [1.54, 1.807) is 13.0 Å². The summed E-state index contributed by atoms with van der Waals surface area (Å²) in [5.74, 6) is -1.24. The van der Waals surface area contributed by atoms with Crippen molar-refractivity contribution in [3.63, 3.8) is 0 Å². The zero-order chi connectivity index (χ0) is 18.6. The van der Waals surface area contributed by atoms with Gasteiger partial charge in [-0.05, 0) is 43.5 Å². The lowest BCUT2D eigenvalue weighted by Gasteiger charge is -2.21. The number of nitrogens with zero attached hydrogens (tertiary/aromatic N) is 1. The van der Waals surface area contributed by atoms with Crippen LogP contribution < -0.4 is 0 Å². The molecule has 2 aliphatic rings. The standard InChI is InChI=1S/C19H23NO4S/c1-11-5-7-15(21)14(9-20-11)18(22)13-6-8-16-17(12(13)2)19(3,4)10-25(16,23)24/h6,8-9,11,14H,5,7,10H2,1-4H3. The first kappa shape index (κ1) is 18.0. The Morgan fingerprint density at radius 2 is 1.96 bits per heavy atom. The maximum atomic E-state index is 13.0. The molecule has 2 heterocycles. The van der Waals surface area contributed by atoms with Gasteiger partial charge in [0.2, 0.25) is 0 Å². The lowest BCUT2D eigenvalue weighted by atomic mass is 9.80. The first-order valence-electron chi connectivity index (χ1n) is 8.51. The highest BCUT2D eigenvalue weighted by atomic mass is 32.2. The minimum absolute atomic E-state index is 0.0342. The summed E-state index contributed by atoms with van der Waals surface area (Å²) >= 11 is 0. The van der Waals surface area contributed by atoms with E-state index in [0.29, 0.717) is 34.4 Å². The van der Waals surface area contributed by atoms with E-state index < -0.39 is 21.2 Å².